The van der Waals surface area contributed by atoms with Crippen LogP contribution in [0.15, 0.2) is 36.4 Å². The number of rotatable bonds is 19. The van der Waals surface area contributed by atoms with Crippen LogP contribution in [0.1, 0.15) is 121 Å². The number of nitrogens with zero attached hydrogens (tertiary/aromatic N) is 4. The zero-order valence-corrected chi connectivity index (χ0v) is 36.6. The second-order valence-corrected chi connectivity index (χ2v) is 19.1. The molecule has 0 aromatic heterocycles. The van der Waals surface area contributed by atoms with E-state index in [0.717, 1.165) is 54.5 Å². The highest BCUT2D eigenvalue weighted by atomic mass is 16.5. The normalized spacial score (nSPS) is 26.5. The van der Waals surface area contributed by atoms with Crippen molar-refractivity contribution in [1.82, 2.24) is 0 Å². The quantitative estimate of drug-likeness (QED) is 0.0813. The van der Waals surface area contributed by atoms with Crippen molar-refractivity contribution in [2.75, 3.05) is 118 Å². The Morgan fingerprint density at radius 2 is 0.929 bits per heavy atom. The van der Waals surface area contributed by atoms with E-state index in [1.807, 2.05) is 0 Å². The van der Waals surface area contributed by atoms with Crippen molar-refractivity contribution in [1.29, 1.82) is 0 Å². The molecule has 4 bridgehead atoms. The van der Waals surface area contributed by atoms with Crippen LogP contribution >= 0.6 is 0 Å². The Morgan fingerprint density at radius 3 is 1.36 bits per heavy atom. The van der Waals surface area contributed by atoms with Crippen LogP contribution in [0.2, 0.25) is 0 Å². The minimum absolute atomic E-state index is 0.325. The van der Waals surface area contributed by atoms with Gasteiger partial charge in [-0.3, -0.25) is 0 Å². The molecule has 0 spiro atoms. The molecule has 6 aliphatic rings. The minimum Gasteiger partial charge on any atom is -0.487 e. The highest BCUT2D eigenvalue weighted by molar-refractivity contribution is 5.56. The first kappa shape index (κ1) is 42.6. The summed E-state index contributed by atoms with van der Waals surface area (Å²) in [6, 6.07) is 12.8. The number of unbranched alkanes of at least 4 members (excludes halogenated alkanes) is 6. The maximum atomic E-state index is 6.80. The Kier molecular flexibility index (Phi) is 14.9. The van der Waals surface area contributed by atoms with Gasteiger partial charge in [-0.2, -0.15) is 0 Å². The summed E-state index contributed by atoms with van der Waals surface area (Å²) in [5.41, 5.74) is 4.18. The topological polar surface area (TPSA) is 18.5 Å². The lowest BCUT2D eigenvalue weighted by atomic mass is 9.99. The first-order valence-electron chi connectivity index (χ1n) is 23.1. The lowest BCUT2D eigenvalue weighted by Crippen LogP contribution is -2.75. The van der Waals surface area contributed by atoms with Crippen molar-refractivity contribution in [2.24, 2.45) is 5.92 Å². The minimum atomic E-state index is 0.325. The van der Waals surface area contributed by atoms with Gasteiger partial charge in [0.1, 0.15) is 116 Å². The van der Waals surface area contributed by atoms with Gasteiger partial charge in [0.2, 0.25) is 0 Å². The smallest absolute Gasteiger partial charge is 0.137 e. The summed E-state index contributed by atoms with van der Waals surface area (Å²) in [7, 11) is 0. The molecule has 6 aliphatic heterocycles. The summed E-state index contributed by atoms with van der Waals surface area (Å²) in [6.45, 7) is 35.7. The molecule has 6 nitrogen and oxygen atoms in total. The fourth-order valence-electron chi connectivity index (χ4n) is 10.0. The molecule has 2 aromatic rings. The van der Waals surface area contributed by atoms with Crippen molar-refractivity contribution in [3.05, 3.63) is 58.7 Å². The van der Waals surface area contributed by atoms with Gasteiger partial charge in [0.25, 0.3) is 0 Å². The van der Waals surface area contributed by atoms with Crippen LogP contribution in [0.3, 0.4) is 0 Å². The molecule has 306 valence electrons. The third-order valence-corrected chi connectivity index (χ3v) is 14.4. The summed E-state index contributed by atoms with van der Waals surface area (Å²) < 4.78 is 18.8. The Labute approximate surface area is 342 Å². The molecule has 6 heteroatoms. The fourth-order valence-corrected chi connectivity index (χ4v) is 10.0. The summed E-state index contributed by atoms with van der Waals surface area (Å²) in [6.07, 6.45) is 11.0. The predicted molar refractivity (Wildman–Crippen MR) is 233 cm³/mol. The highest BCUT2D eigenvalue weighted by Gasteiger charge is 2.49. The lowest BCUT2D eigenvalue weighted by Gasteiger charge is -2.55. The van der Waals surface area contributed by atoms with Crippen molar-refractivity contribution < 1.29 is 27.4 Å². The van der Waals surface area contributed by atoms with Crippen molar-refractivity contribution in [2.45, 2.75) is 98.8 Å². The zero-order valence-electron chi connectivity index (χ0n) is 36.6. The van der Waals surface area contributed by atoms with Gasteiger partial charge in [0.15, 0.2) is 0 Å². The van der Waals surface area contributed by atoms with Crippen LogP contribution in [-0.4, -0.2) is 136 Å². The fraction of sp³-hybridized carbons (Fsp3) is 0.680. The molecular formula is C50H78N4O2+4. The standard InChI is InChI=1S/C50H78N4O2/c1-7-9-11-13-23-51-25-31-53(32-26-51,33-27-51)37-39-55-49-42-48(44(5)6)50(41-47(49)22-21-46-19-17-45(18-20-46)16-15-43(3)4)56-40-38-54-34-28-52(29-35-54,30-36-54)24-14-12-10-8-2/h17-20,41-44H,7-14,23-40H2,1-6H3/q+4. The van der Waals surface area contributed by atoms with Crippen LogP contribution in [-0.2, 0) is 0 Å². The van der Waals surface area contributed by atoms with Crippen molar-refractivity contribution in [3.8, 4) is 35.2 Å². The van der Waals surface area contributed by atoms with E-state index in [1.165, 1.54) is 166 Å². The summed E-state index contributed by atoms with van der Waals surface area (Å²) >= 11 is 0. The van der Waals surface area contributed by atoms with E-state index in [1.54, 1.807) is 0 Å². The zero-order chi connectivity index (χ0) is 39.5. The largest absolute Gasteiger partial charge is 0.487 e. The van der Waals surface area contributed by atoms with Gasteiger partial charge in [0.05, 0.1) is 18.7 Å². The lowest BCUT2D eigenvalue weighted by molar-refractivity contribution is -1.08. The van der Waals surface area contributed by atoms with Crippen molar-refractivity contribution >= 4 is 0 Å². The Balaban J connectivity index is 1.13. The molecule has 2 aromatic carbocycles. The maximum absolute atomic E-state index is 6.80. The molecule has 56 heavy (non-hydrogen) atoms. The van der Waals surface area contributed by atoms with Crippen LogP contribution in [0.25, 0.3) is 0 Å². The van der Waals surface area contributed by atoms with Crippen LogP contribution in [0.4, 0.5) is 0 Å². The molecule has 0 atom stereocenters. The van der Waals surface area contributed by atoms with Gasteiger partial charge in [-0.05, 0) is 68.0 Å². The number of ether oxygens (including phenoxy) is 2. The summed E-state index contributed by atoms with van der Waals surface area (Å²) in [5, 5.41) is 0. The second-order valence-electron chi connectivity index (χ2n) is 19.1. The summed E-state index contributed by atoms with van der Waals surface area (Å²) in [4.78, 5) is 0. The number of hydrogen-bond acceptors (Lipinski definition) is 2. The Hall–Kier alpha value is -3.00. The predicted octanol–water partition coefficient (Wildman–Crippen LogP) is 8.46. The van der Waals surface area contributed by atoms with E-state index < -0.39 is 0 Å². The van der Waals surface area contributed by atoms with Gasteiger partial charge in [-0.15, -0.1) is 0 Å². The van der Waals surface area contributed by atoms with E-state index in [-0.39, 0.29) is 0 Å². The molecule has 0 unspecified atom stereocenters. The van der Waals surface area contributed by atoms with E-state index in [9.17, 15) is 0 Å². The third kappa shape index (κ3) is 11.1. The van der Waals surface area contributed by atoms with E-state index in [2.05, 4.69) is 102 Å². The molecule has 0 N–H and O–H groups in total. The van der Waals surface area contributed by atoms with E-state index in [4.69, 9.17) is 9.47 Å². The SMILES string of the molecule is CCCCCC[N+]12CC[N+](CCOc3cc(C(C)C)c(OCC[N+]45CC[N+](CCCCCC)(CC4)CC5)cc3C#Cc3ccc(C#CC(C)C)cc3)(CC1)CC2. The molecule has 6 heterocycles. The summed E-state index contributed by atoms with van der Waals surface area (Å²) in [5.74, 6) is 16.1. The number of quaternary nitrogens is 4. The Bertz CT molecular complexity index is 1640. The first-order chi connectivity index (χ1) is 27.1. The van der Waals surface area contributed by atoms with E-state index in [0.29, 0.717) is 11.8 Å². The van der Waals surface area contributed by atoms with E-state index >= 15 is 0 Å². The molecule has 6 fully saturated rings. The number of fused-ring (bicyclic) bond motifs is 6. The Morgan fingerprint density at radius 1 is 0.500 bits per heavy atom. The maximum Gasteiger partial charge on any atom is 0.137 e. The van der Waals surface area contributed by atoms with Gasteiger partial charge in [0, 0.05) is 22.6 Å². The first-order valence-corrected chi connectivity index (χ1v) is 23.1. The van der Waals surface area contributed by atoms with Crippen LogP contribution in [0, 0.1) is 29.6 Å². The van der Waals surface area contributed by atoms with Crippen LogP contribution < -0.4 is 9.47 Å². The molecule has 0 aliphatic carbocycles. The molecular weight excluding hydrogens is 689 g/mol. The van der Waals surface area contributed by atoms with Crippen molar-refractivity contribution in [3.63, 3.8) is 0 Å². The average Bonchev–Trinajstić information content (AvgIpc) is 3.22. The number of hydrogen-bond donors (Lipinski definition) is 0. The van der Waals surface area contributed by atoms with Gasteiger partial charge in [-0.25, -0.2) is 0 Å². The molecule has 0 amide bonds. The monoisotopic (exact) mass is 767 g/mol. The van der Waals surface area contributed by atoms with Gasteiger partial charge in [-0.1, -0.05) is 90.9 Å². The van der Waals surface area contributed by atoms with Gasteiger partial charge < -0.3 is 27.4 Å². The van der Waals surface area contributed by atoms with Crippen LogP contribution in [0.5, 0.6) is 11.5 Å². The molecule has 0 saturated carbocycles. The number of piperazine rings is 6. The van der Waals surface area contributed by atoms with Gasteiger partial charge >= 0.3 is 0 Å². The molecule has 8 rings (SSSR count). The highest BCUT2D eigenvalue weighted by Crippen LogP contribution is 2.35. The number of benzene rings is 2. The molecule has 6 saturated heterocycles. The third-order valence-electron chi connectivity index (χ3n) is 14.4. The molecule has 0 radical (unpaired) electrons. The average molecular weight is 767 g/mol. The second kappa shape index (κ2) is 19.6.